The van der Waals surface area contributed by atoms with Crippen molar-refractivity contribution in [2.45, 2.75) is 13.0 Å². The van der Waals surface area contributed by atoms with Crippen LogP contribution in [0.2, 0.25) is 0 Å². The van der Waals surface area contributed by atoms with E-state index >= 15 is 0 Å². The number of non-ortho nitro benzene ring substituents is 1. The number of hydrogen-bond acceptors (Lipinski definition) is 11. The van der Waals surface area contributed by atoms with E-state index in [4.69, 9.17) is 28.4 Å². The molecular formula is C34H25N3O9S. The smallest absolute Gasteiger partial charge is 0.338 e. The largest absolute Gasteiger partial charge is 0.496 e. The van der Waals surface area contributed by atoms with Crippen LogP contribution in [0.1, 0.15) is 29.9 Å². The summed E-state index contributed by atoms with van der Waals surface area (Å²) in [7, 11) is 1.46. The molecule has 0 radical (unpaired) electrons. The van der Waals surface area contributed by atoms with Crippen molar-refractivity contribution in [3.63, 3.8) is 0 Å². The number of benzene rings is 3. The second kappa shape index (κ2) is 12.1. The molecule has 0 fully saturated rings. The fraction of sp³-hybridized carbons (Fsp3) is 0.147. The van der Waals surface area contributed by atoms with Crippen LogP contribution in [0.25, 0.3) is 23.1 Å². The number of hydrogen-bond donors (Lipinski definition) is 0. The van der Waals surface area contributed by atoms with Crippen molar-refractivity contribution in [2.24, 2.45) is 4.99 Å². The molecule has 3 aromatic carbocycles. The lowest BCUT2D eigenvalue weighted by atomic mass is 9.93. The Balaban J connectivity index is 1.41. The van der Waals surface area contributed by atoms with E-state index in [2.05, 4.69) is 0 Å². The van der Waals surface area contributed by atoms with Crippen molar-refractivity contribution < 1.29 is 33.1 Å². The van der Waals surface area contributed by atoms with E-state index in [1.54, 1.807) is 43.3 Å². The molecule has 0 saturated carbocycles. The van der Waals surface area contributed by atoms with E-state index in [1.165, 1.54) is 29.9 Å². The summed E-state index contributed by atoms with van der Waals surface area (Å²) in [6, 6.07) is 21.1. The maximum Gasteiger partial charge on any atom is 0.338 e. The van der Waals surface area contributed by atoms with E-state index in [-0.39, 0.29) is 24.7 Å². The number of nitro groups is 1. The highest BCUT2D eigenvalue weighted by Crippen LogP contribution is 2.40. The van der Waals surface area contributed by atoms with Gasteiger partial charge in [0.25, 0.3) is 11.2 Å². The van der Waals surface area contributed by atoms with Crippen LogP contribution in [0.15, 0.2) is 98.6 Å². The molecule has 0 spiro atoms. The molecule has 7 rings (SSSR count). The quantitative estimate of drug-likeness (QED) is 0.131. The molecule has 4 heterocycles. The van der Waals surface area contributed by atoms with Gasteiger partial charge in [-0.05, 0) is 42.8 Å². The highest BCUT2D eigenvalue weighted by molar-refractivity contribution is 7.07. The highest BCUT2D eigenvalue weighted by Gasteiger charge is 2.36. The van der Waals surface area contributed by atoms with Crippen LogP contribution in [0.3, 0.4) is 0 Å². The van der Waals surface area contributed by atoms with Gasteiger partial charge in [-0.2, -0.15) is 0 Å². The van der Waals surface area contributed by atoms with Gasteiger partial charge in [0.1, 0.15) is 17.3 Å². The molecular weight excluding hydrogens is 626 g/mol. The molecule has 0 saturated heterocycles. The van der Waals surface area contributed by atoms with Crippen LogP contribution in [0.4, 0.5) is 5.69 Å². The van der Waals surface area contributed by atoms with Crippen LogP contribution >= 0.6 is 11.3 Å². The van der Waals surface area contributed by atoms with Crippen LogP contribution in [0.5, 0.6) is 17.2 Å². The Hall–Kier alpha value is -5.95. The Bertz CT molecular complexity index is 2270. The standard InChI is InChI=1S/C34H25N3O9S/c1-3-43-33(39)29-30(19-7-5-4-6-8-19)35-34-36(31(29)20-9-12-26-27(15-20)45-18-44-26)32(38)28(47-34)17-22-11-14-25(46-22)23-16-21(37(40)41)10-13-24(23)42-2/h4-17,31H,3,18H2,1-2H3/b28-17-. The molecule has 236 valence electrons. The van der Waals surface area contributed by atoms with Gasteiger partial charge in [0.05, 0.1) is 46.0 Å². The maximum atomic E-state index is 14.2. The Morgan fingerprint density at radius 1 is 1.09 bits per heavy atom. The average Bonchev–Trinajstić information content (AvgIpc) is 3.83. The number of ether oxygens (including phenoxy) is 4. The minimum Gasteiger partial charge on any atom is -0.496 e. The van der Waals surface area contributed by atoms with Crippen molar-refractivity contribution in [3.05, 3.63) is 131 Å². The van der Waals surface area contributed by atoms with Crippen molar-refractivity contribution in [3.8, 4) is 28.6 Å². The molecule has 1 atom stereocenters. The van der Waals surface area contributed by atoms with Crippen LogP contribution in [0, 0.1) is 10.1 Å². The first kappa shape index (κ1) is 29.7. The zero-order valence-electron chi connectivity index (χ0n) is 25.0. The third-order valence-corrected chi connectivity index (χ3v) is 8.63. The predicted molar refractivity (Wildman–Crippen MR) is 171 cm³/mol. The van der Waals surface area contributed by atoms with E-state index < -0.39 is 22.5 Å². The molecule has 0 bridgehead atoms. The SMILES string of the molecule is CCOC(=O)C1=C(c2ccccc2)N=c2s/c(=C\c3ccc(-c4cc([N+](=O)[O-])ccc4OC)o3)c(=O)n2C1c1ccc2c(c1)OCO2. The summed E-state index contributed by atoms with van der Waals surface area (Å²) in [5, 5.41) is 11.4. The Kier molecular flexibility index (Phi) is 7.66. The number of methoxy groups -OCH3 is 1. The van der Waals surface area contributed by atoms with E-state index in [9.17, 15) is 19.7 Å². The monoisotopic (exact) mass is 651 g/mol. The number of furan rings is 1. The van der Waals surface area contributed by atoms with Gasteiger partial charge >= 0.3 is 5.97 Å². The zero-order chi connectivity index (χ0) is 32.7. The fourth-order valence-electron chi connectivity index (χ4n) is 5.55. The number of rotatable bonds is 8. The van der Waals surface area contributed by atoms with Crippen molar-refractivity contribution in [1.29, 1.82) is 0 Å². The number of carbonyl (C=O) groups is 1. The molecule has 5 aromatic rings. The highest BCUT2D eigenvalue weighted by atomic mass is 32.1. The Labute approximate surface area is 270 Å². The van der Waals surface area contributed by atoms with Gasteiger partial charge in [0, 0.05) is 23.8 Å². The van der Waals surface area contributed by atoms with Gasteiger partial charge in [-0.25, -0.2) is 9.79 Å². The first-order valence-corrected chi connectivity index (χ1v) is 15.3. The van der Waals surface area contributed by atoms with Gasteiger partial charge in [-0.1, -0.05) is 47.7 Å². The summed E-state index contributed by atoms with van der Waals surface area (Å²) in [5.74, 6) is 1.48. The number of thiazole rings is 1. The van der Waals surface area contributed by atoms with Crippen molar-refractivity contribution in [2.75, 3.05) is 20.5 Å². The lowest BCUT2D eigenvalue weighted by molar-refractivity contribution is -0.384. The normalized spacial score (nSPS) is 15.3. The molecule has 0 N–H and O–H groups in total. The molecule has 12 nitrogen and oxygen atoms in total. The topological polar surface area (TPSA) is 145 Å². The van der Waals surface area contributed by atoms with E-state index in [1.807, 2.05) is 30.3 Å². The first-order chi connectivity index (χ1) is 22.9. The summed E-state index contributed by atoms with van der Waals surface area (Å²) < 4.78 is 29.9. The predicted octanol–water partition coefficient (Wildman–Crippen LogP) is 4.84. The third-order valence-electron chi connectivity index (χ3n) is 7.65. The van der Waals surface area contributed by atoms with Gasteiger partial charge in [-0.3, -0.25) is 19.5 Å². The fourth-order valence-corrected chi connectivity index (χ4v) is 6.53. The lowest BCUT2D eigenvalue weighted by Gasteiger charge is -2.26. The second-order valence-corrected chi connectivity index (χ2v) is 11.4. The number of nitro benzene ring substituents is 1. The minimum absolute atomic E-state index is 0.0602. The third kappa shape index (κ3) is 5.36. The Morgan fingerprint density at radius 3 is 2.66 bits per heavy atom. The minimum atomic E-state index is -0.904. The molecule has 0 aliphatic carbocycles. The van der Waals surface area contributed by atoms with Crippen LogP contribution in [-0.4, -0.2) is 36.0 Å². The van der Waals surface area contributed by atoms with Gasteiger partial charge < -0.3 is 23.4 Å². The lowest BCUT2D eigenvalue weighted by Crippen LogP contribution is -2.40. The van der Waals surface area contributed by atoms with Gasteiger partial charge in [-0.15, -0.1) is 0 Å². The van der Waals surface area contributed by atoms with E-state index in [0.29, 0.717) is 60.5 Å². The maximum absolute atomic E-state index is 14.2. The molecule has 2 aliphatic heterocycles. The van der Waals surface area contributed by atoms with Crippen LogP contribution < -0.4 is 29.1 Å². The molecule has 0 amide bonds. The number of carbonyl (C=O) groups excluding carboxylic acids is 1. The summed E-state index contributed by atoms with van der Waals surface area (Å²) in [6.07, 6.45) is 1.57. The zero-order valence-corrected chi connectivity index (χ0v) is 25.8. The summed E-state index contributed by atoms with van der Waals surface area (Å²) in [6.45, 7) is 1.90. The molecule has 1 unspecified atom stereocenters. The number of esters is 1. The average molecular weight is 652 g/mol. The molecule has 2 aliphatic rings. The van der Waals surface area contributed by atoms with Crippen molar-refractivity contribution >= 4 is 34.8 Å². The van der Waals surface area contributed by atoms with Crippen LogP contribution in [-0.2, 0) is 9.53 Å². The molecule has 47 heavy (non-hydrogen) atoms. The second-order valence-electron chi connectivity index (χ2n) is 10.4. The number of nitrogens with zero attached hydrogens (tertiary/aromatic N) is 3. The molecule has 13 heteroatoms. The van der Waals surface area contributed by atoms with Gasteiger partial charge in [0.2, 0.25) is 6.79 Å². The summed E-state index contributed by atoms with van der Waals surface area (Å²) in [4.78, 5) is 44.0. The summed E-state index contributed by atoms with van der Waals surface area (Å²) >= 11 is 1.14. The van der Waals surface area contributed by atoms with E-state index in [0.717, 1.165) is 11.3 Å². The summed E-state index contributed by atoms with van der Waals surface area (Å²) in [5.41, 5.74) is 1.73. The molecule has 2 aromatic heterocycles. The number of aromatic nitrogens is 1. The first-order valence-electron chi connectivity index (χ1n) is 14.5. The van der Waals surface area contributed by atoms with Gasteiger partial charge in [0.15, 0.2) is 16.3 Å². The van der Waals surface area contributed by atoms with Crippen molar-refractivity contribution in [1.82, 2.24) is 4.57 Å². The number of fused-ring (bicyclic) bond motifs is 2. The Morgan fingerprint density at radius 2 is 1.89 bits per heavy atom.